The molecule has 2 rings (SSSR count). The molecule has 1 saturated heterocycles. The highest BCUT2D eigenvalue weighted by Crippen LogP contribution is 2.19. The van der Waals surface area contributed by atoms with Crippen molar-refractivity contribution in [3.63, 3.8) is 0 Å². The maximum Gasteiger partial charge on any atom is 0.133 e. The molecule has 6 heteroatoms. The standard InChI is InChI=1S/C14H23BrN4O/c1-2-4-13-16-12(15)11-14(17-13)19-6-3-5-18(7-8-19)9-10-20/h11,20H,2-10H2,1H3. The van der Waals surface area contributed by atoms with Crippen molar-refractivity contribution in [2.45, 2.75) is 26.2 Å². The van der Waals surface area contributed by atoms with E-state index in [2.05, 4.69) is 42.6 Å². The largest absolute Gasteiger partial charge is 0.395 e. The molecule has 112 valence electrons. The Kier molecular flexibility index (Phi) is 6.19. The Labute approximate surface area is 129 Å². The normalized spacial score (nSPS) is 17.2. The number of aryl methyl sites for hydroxylation is 1. The lowest BCUT2D eigenvalue weighted by Crippen LogP contribution is -2.32. The second kappa shape index (κ2) is 7.90. The van der Waals surface area contributed by atoms with Gasteiger partial charge in [0.2, 0.25) is 0 Å². The quantitative estimate of drug-likeness (QED) is 0.825. The summed E-state index contributed by atoms with van der Waals surface area (Å²) in [7, 11) is 0. The molecule has 2 heterocycles. The fourth-order valence-electron chi connectivity index (χ4n) is 2.51. The van der Waals surface area contributed by atoms with Crippen LogP contribution in [0.4, 0.5) is 5.82 Å². The minimum absolute atomic E-state index is 0.236. The van der Waals surface area contributed by atoms with Crippen LogP contribution in [0.1, 0.15) is 25.6 Å². The van der Waals surface area contributed by atoms with Gasteiger partial charge in [-0.25, -0.2) is 9.97 Å². The summed E-state index contributed by atoms with van der Waals surface area (Å²) in [4.78, 5) is 13.7. The smallest absolute Gasteiger partial charge is 0.133 e. The van der Waals surface area contributed by atoms with E-state index in [1.165, 1.54) is 0 Å². The molecule has 5 nitrogen and oxygen atoms in total. The van der Waals surface area contributed by atoms with Crippen LogP contribution in [0.5, 0.6) is 0 Å². The van der Waals surface area contributed by atoms with Crippen molar-refractivity contribution in [1.82, 2.24) is 14.9 Å². The molecule has 1 N–H and O–H groups in total. The summed E-state index contributed by atoms with van der Waals surface area (Å²) in [6, 6.07) is 2.00. The molecule has 1 aliphatic heterocycles. The zero-order valence-corrected chi connectivity index (χ0v) is 13.6. The lowest BCUT2D eigenvalue weighted by atomic mass is 10.3. The minimum atomic E-state index is 0.236. The maximum absolute atomic E-state index is 9.04. The van der Waals surface area contributed by atoms with Crippen molar-refractivity contribution in [3.8, 4) is 0 Å². The summed E-state index contributed by atoms with van der Waals surface area (Å²) in [5.41, 5.74) is 0. The number of aliphatic hydroxyl groups excluding tert-OH is 1. The lowest BCUT2D eigenvalue weighted by Gasteiger charge is -2.22. The summed E-state index contributed by atoms with van der Waals surface area (Å²) in [5, 5.41) is 9.04. The van der Waals surface area contributed by atoms with E-state index in [0.29, 0.717) is 0 Å². The van der Waals surface area contributed by atoms with Crippen molar-refractivity contribution < 1.29 is 5.11 Å². The molecule has 0 amide bonds. The lowest BCUT2D eigenvalue weighted by molar-refractivity contribution is 0.204. The molecule has 1 aromatic heterocycles. The number of hydrogen-bond donors (Lipinski definition) is 1. The Morgan fingerprint density at radius 3 is 2.85 bits per heavy atom. The molecule has 20 heavy (non-hydrogen) atoms. The van der Waals surface area contributed by atoms with E-state index in [1.807, 2.05) is 6.07 Å². The average molecular weight is 343 g/mol. The molecule has 0 aromatic carbocycles. The number of aliphatic hydroxyl groups is 1. The summed E-state index contributed by atoms with van der Waals surface area (Å²) in [6.45, 7) is 7.13. The van der Waals surface area contributed by atoms with Gasteiger partial charge in [-0.15, -0.1) is 0 Å². The molecule has 1 aromatic rings. The van der Waals surface area contributed by atoms with Gasteiger partial charge in [0.15, 0.2) is 0 Å². The van der Waals surface area contributed by atoms with Crippen LogP contribution >= 0.6 is 15.9 Å². The van der Waals surface area contributed by atoms with Gasteiger partial charge < -0.3 is 10.0 Å². The Hall–Kier alpha value is -0.720. The molecule has 0 spiro atoms. The van der Waals surface area contributed by atoms with E-state index >= 15 is 0 Å². The van der Waals surface area contributed by atoms with Gasteiger partial charge in [0, 0.05) is 38.7 Å². The first-order valence-corrected chi connectivity index (χ1v) is 8.14. The summed E-state index contributed by atoms with van der Waals surface area (Å²) in [5.74, 6) is 1.93. The topological polar surface area (TPSA) is 52.5 Å². The van der Waals surface area contributed by atoms with Gasteiger partial charge >= 0.3 is 0 Å². The van der Waals surface area contributed by atoms with Crippen LogP contribution in [0.2, 0.25) is 0 Å². The summed E-state index contributed by atoms with van der Waals surface area (Å²) >= 11 is 3.48. The maximum atomic E-state index is 9.04. The van der Waals surface area contributed by atoms with Gasteiger partial charge in [0.1, 0.15) is 16.2 Å². The van der Waals surface area contributed by atoms with Crippen LogP contribution in [0.25, 0.3) is 0 Å². The van der Waals surface area contributed by atoms with Crippen molar-refractivity contribution >= 4 is 21.7 Å². The molecule has 0 saturated carbocycles. The van der Waals surface area contributed by atoms with Crippen LogP contribution in [-0.4, -0.2) is 59.3 Å². The highest BCUT2D eigenvalue weighted by molar-refractivity contribution is 9.10. The van der Waals surface area contributed by atoms with Gasteiger partial charge in [0.25, 0.3) is 0 Å². The second-order valence-electron chi connectivity index (χ2n) is 5.12. The van der Waals surface area contributed by atoms with Gasteiger partial charge in [-0.2, -0.15) is 0 Å². The van der Waals surface area contributed by atoms with Crippen LogP contribution in [0, 0.1) is 0 Å². The molecule has 0 radical (unpaired) electrons. The molecular weight excluding hydrogens is 320 g/mol. The molecule has 1 aliphatic rings. The highest BCUT2D eigenvalue weighted by Gasteiger charge is 2.16. The second-order valence-corrected chi connectivity index (χ2v) is 5.93. The number of β-amino-alcohol motifs (C(OH)–C–C–N with tert-alkyl or cyclic N) is 1. The Bertz CT molecular complexity index is 430. The van der Waals surface area contributed by atoms with Gasteiger partial charge in [-0.1, -0.05) is 6.92 Å². The van der Waals surface area contributed by atoms with E-state index < -0.39 is 0 Å². The Balaban J connectivity index is 2.07. The fraction of sp³-hybridized carbons (Fsp3) is 0.714. The van der Waals surface area contributed by atoms with Crippen LogP contribution < -0.4 is 4.90 Å². The average Bonchev–Trinajstić information content (AvgIpc) is 2.65. The predicted octanol–water partition coefficient (Wildman–Crippen LogP) is 1.70. The molecule has 0 unspecified atom stereocenters. The Morgan fingerprint density at radius 2 is 2.10 bits per heavy atom. The van der Waals surface area contributed by atoms with Gasteiger partial charge in [-0.3, -0.25) is 4.90 Å². The van der Waals surface area contributed by atoms with E-state index in [9.17, 15) is 0 Å². The molecule has 0 bridgehead atoms. The number of hydrogen-bond acceptors (Lipinski definition) is 5. The third-order valence-corrected chi connectivity index (χ3v) is 3.94. The minimum Gasteiger partial charge on any atom is -0.395 e. The van der Waals surface area contributed by atoms with E-state index in [4.69, 9.17) is 5.11 Å². The monoisotopic (exact) mass is 342 g/mol. The van der Waals surface area contributed by atoms with E-state index in [0.717, 1.165) is 68.2 Å². The fourth-order valence-corrected chi connectivity index (χ4v) is 2.92. The van der Waals surface area contributed by atoms with E-state index in [-0.39, 0.29) is 6.61 Å². The number of halogens is 1. The zero-order valence-electron chi connectivity index (χ0n) is 12.1. The summed E-state index contributed by atoms with van der Waals surface area (Å²) in [6.07, 6.45) is 3.07. The number of rotatable bonds is 5. The SMILES string of the molecule is CCCc1nc(Br)cc(N2CCCN(CCO)CC2)n1. The van der Waals surface area contributed by atoms with Crippen LogP contribution in [0.15, 0.2) is 10.7 Å². The molecule has 1 fully saturated rings. The number of nitrogens with zero attached hydrogens (tertiary/aromatic N) is 4. The number of aromatic nitrogens is 2. The van der Waals surface area contributed by atoms with Crippen molar-refractivity contribution in [2.24, 2.45) is 0 Å². The Morgan fingerprint density at radius 1 is 1.25 bits per heavy atom. The number of anilines is 1. The van der Waals surface area contributed by atoms with E-state index in [1.54, 1.807) is 0 Å². The first kappa shape index (κ1) is 15.7. The third-order valence-electron chi connectivity index (χ3n) is 3.53. The van der Waals surface area contributed by atoms with Gasteiger partial charge in [-0.05, 0) is 35.3 Å². The van der Waals surface area contributed by atoms with Crippen molar-refractivity contribution in [2.75, 3.05) is 44.2 Å². The first-order valence-electron chi connectivity index (χ1n) is 7.34. The van der Waals surface area contributed by atoms with Crippen LogP contribution in [0.3, 0.4) is 0 Å². The zero-order chi connectivity index (χ0) is 14.4. The molecule has 0 atom stereocenters. The predicted molar refractivity (Wildman–Crippen MR) is 84.1 cm³/mol. The molecule has 0 aliphatic carbocycles. The van der Waals surface area contributed by atoms with Crippen molar-refractivity contribution in [1.29, 1.82) is 0 Å². The summed E-state index contributed by atoms with van der Waals surface area (Å²) < 4.78 is 0.863. The van der Waals surface area contributed by atoms with Crippen molar-refractivity contribution in [3.05, 3.63) is 16.5 Å². The highest BCUT2D eigenvalue weighted by atomic mass is 79.9. The van der Waals surface area contributed by atoms with Crippen LogP contribution in [-0.2, 0) is 6.42 Å². The third kappa shape index (κ3) is 4.40. The van der Waals surface area contributed by atoms with Gasteiger partial charge in [0.05, 0.1) is 6.61 Å². The first-order chi connectivity index (χ1) is 9.72. The molecular formula is C14H23BrN4O.